The number of hydrogen-bond donors (Lipinski definition) is 1. The summed E-state index contributed by atoms with van der Waals surface area (Å²) in [6.45, 7) is 5.04. The Morgan fingerprint density at radius 3 is 2.70 bits per heavy atom. The predicted molar refractivity (Wildman–Crippen MR) is 100 cm³/mol. The van der Waals surface area contributed by atoms with Crippen molar-refractivity contribution in [1.29, 1.82) is 0 Å². The minimum Gasteiger partial charge on any atom is -0.458 e. The van der Waals surface area contributed by atoms with Gasteiger partial charge >= 0.3 is 5.97 Å². The van der Waals surface area contributed by atoms with Gasteiger partial charge in [-0.05, 0) is 85.9 Å². The van der Waals surface area contributed by atoms with Crippen LogP contribution in [-0.4, -0.2) is 22.8 Å². The summed E-state index contributed by atoms with van der Waals surface area (Å²) in [5.74, 6) is 5.52. The molecule has 146 valence electrons. The third-order valence-corrected chi connectivity index (χ3v) is 11.0. The molecule has 1 N–H and O–H groups in total. The van der Waals surface area contributed by atoms with Crippen LogP contribution in [0, 0.1) is 52.3 Å². The fourth-order valence-electron chi connectivity index (χ4n) is 9.89. The quantitative estimate of drug-likeness (QED) is 0.517. The zero-order valence-electron chi connectivity index (χ0n) is 16.6. The highest BCUT2D eigenvalue weighted by Gasteiger charge is 2.81. The van der Waals surface area contributed by atoms with Gasteiger partial charge in [0.05, 0.1) is 6.10 Å². The van der Waals surface area contributed by atoms with Gasteiger partial charge in [-0.25, -0.2) is 0 Å². The van der Waals surface area contributed by atoms with Gasteiger partial charge in [-0.3, -0.25) is 4.79 Å². The molecule has 1 saturated heterocycles. The molecule has 6 fully saturated rings. The number of carbonyl (C=O) groups excluding carboxylic acids is 1. The largest absolute Gasteiger partial charge is 0.458 e. The van der Waals surface area contributed by atoms with Gasteiger partial charge in [0.15, 0.2) is 0 Å². The zero-order valence-corrected chi connectivity index (χ0v) is 16.6. The summed E-state index contributed by atoms with van der Waals surface area (Å²) < 4.78 is 6.23. The van der Waals surface area contributed by atoms with Crippen molar-refractivity contribution in [2.75, 3.05) is 0 Å². The first-order valence-corrected chi connectivity index (χ1v) is 11.5. The molecular formula is C24H32O3. The molecule has 0 aromatic rings. The van der Waals surface area contributed by atoms with Gasteiger partial charge in [-0.2, -0.15) is 0 Å². The van der Waals surface area contributed by atoms with Gasteiger partial charge in [0, 0.05) is 17.8 Å². The van der Waals surface area contributed by atoms with Gasteiger partial charge in [-0.15, -0.1) is 0 Å². The van der Waals surface area contributed by atoms with Crippen molar-refractivity contribution in [3.8, 4) is 0 Å². The van der Waals surface area contributed by atoms with Crippen LogP contribution in [-0.2, 0) is 9.53 Å². The van der Waals surface area contributed by atoms with Crippen molar-refractivity contribution in [3.05, 3.63) is 11.6 Å². The number of aliphatic hydroxyl groups is 1. The van der Waals surface area contributed by atoms with E-state index in [9.17, 15) is 9.90 Å². The molecule has 3 nitrogen and oxygen atoms in total. The Labute approximate surface area is 161 Å². The first-order valence-electron chi connectivity index (χ1n) is 11.5. The fraction of sp³-hybridized carbons (Fsp3) is 0.875. The Kier molecular flexibility index (Phi) is 2.67. The lowest BCUT2D eigenvalue weighted by Crippen LogP contribution is -2.57. The van der Waals surface area contributed by atoms with E-state index < -0.39 is 0 Å². The van der Waals surface area contributed by atoms with Crippen LogP contribution in [0.5, 0.6) is 0 Å². The van der Waals surface area contributed by atoms with Crippen molar-refractivity contribution in [1.82, 2.24) is 0 Å². The molecule has 3 unspecified atom stereocenters. The Morgan fingerprint density at radius 2 is 1.93 bits per heavy atom. The minimum atomic E-state index is -0.208. The smallest absolute Gasteiger partial charge is 0.306 e. The molecule has 0 aromatic carbocycles. The summed E-state index contributed by atoms with van der Waals surface area (Å²) in [5, 5.41) is 10.3. The number of rotatable bonds is 0. The molecule has 0 aromatic heterocycles. The molecule has 0 amide bonds. The van der Waals surface area contributed by atoms with E-state index in [4.69, 9.17) is 4.74 Å². The Hall–Kier alpha value is -0.830. The van der Waals surface area contributed by atoms with Gasteiger partial charge in [0.25, 0.3) is 0 Å². The lowest BCUT2D eigenvalue weighted by Gasteiger charge is -2.60. The second-order valence-electron chi connectivity index (χ2n) is 11.7. The molecule has 0 radical (unpaired) electrons. The molecule has 5 saturated carbocycles. The minimum absolute atomic E-state index is 0.0658. The van der Waals surface area contributed by atoms with Gasteiger partial charge in [0.1, 0.15) is 5.60 Å². The summed E-state index contributed by atoms with van der Waals surface area (Å²) >= 11 is 0. The first-order chi connectivity index (χ1) is 12.9. The van der Waals surface area contributed by atoms with E-state index >= 15 is 0 Å². The molecule has 7 aliphatic rings. The standard InChI is InChI=1S/C24H32O3/c1-22-6-3-12(25)9-17(22)13-10-14(13)20-16(22)4-7-23(2)21(20)15-11-18(15)24(23)8-5-19(26)27-24/h9,12-16,18,20-21,25H,3-8,10-11H2,1-2H3/t12-,13+,14-,15+,16?,18-,20?,21?,22+,23-,24-/m0/s1. The van der Waals surface area contributed by atoms with Crippen molar-refractivity contribution >= 4 is 5.97 Å². The van der Waals surface area contributed by atoms with E-state index in [1.165, 1.54) is 32.1 Å². The van der Waals surface area contributed by atoms with Crippen LogP contribution in [0.4, 0.5) is 0 Å². The van der Waals surface area contributed by atoms with E-state index in [2.05, 4.69) is 19.9 Å². The topological polar surface area (TPSA) is 46.5 Å². The van der Waals surface area contributed by atoms with Crippen LogP contribution in [0.1, 0.15) is 65.2 Å². The van der Waals surface area contributed by atoms with Crippen LogP contribution in [0.2, 0.25) is 0 Å². The van der Waals surface area contributed by atoms with Crippen LogP contribution < -0.4 is 0 Å². The van der Waals surface area contributed by atoms with E-state index in [-0.39, 0.29) is 23.1 Å². The SMILES string of the molecule is C[C@]12CC[C@H](O)C=C1[C@@H]1C[C@@H]1C1C2CC[C@@]2(C)C1[C@@H]1C[C@@H]1[C@@]21CCC(=O)O1. The summed E-state index contributed by atoms with van der Waals surface area (Å²) in [6.07, 6.45) is 11.0. The highest BCUT2D eigenvalue weighted by molar-refractivity contribution is 5.73. The highest BCUT2D eigenvalue weighted by atomic mass is 16.6. The predicted octanol–water partition coefficient (Wildman–Crippen LogP) is 4.10. The molecule has 3 heteroatoms. The maximum atomic E-state index is 12.2. The maximum Gasteiger partial charge on any atom is 0.306 e. The number of aliphatic hydroxyl groups excluding tert-OH is 1. The second kappa shape index (κ2) is 4.50. The van der Waals surface area contributed by atoms with Crippen LogP contribution in [0.15, 0.2) is 11.6 Å². The van der Waals surface area contributed by atoms with Gasteiger partial charge in [-0.1, -0.05) is 25.5 Å². The monoisotopic (exact) mass is 368 g/mol. The van der Waals surface area contributed by atoms with E-state index in [1.807, 2.05) is 0 Å². The number of hydrogen-bond acceptors (Lipinski definition) is 3. The van der Waals surface area contributed by atoms with Crippen molar-refractivity contribution in [2.24, 2.45) is 52.3 Å². The molecular weight excluding hydrogens is 336 g/mol. The third-order valence-electron chi connectivity index (χ3n) is 11.0. The number of carbonyl (C=O) groups is 1. The molecule has 1 heterocycles. The average molecular weight is 369 g/mol. The summed E-state index contributed by atoms with van der Waals surface area (Å²) in [5.41, 5.74) is 2.04. The molecule has 11 atom stereocenters. The average Bonchev–Trinajstić information content (AvgIpc) is 3.53. The molecule has 27 heavy (non-hydrogen) atoms. The zero-order chi connectivity index (χ0) is 18.3. The number of allylic oxidation sites excluding steroid dienone is 1. The highest BCUT2D eigenvalue weighted by Crippen LogP contribution is 2.82. The normalized spacial score (nSPS) is 64.7. The Balaban J connectivity index is 1.33. The Morgan fingerprint density at radius 1 is 1.07 bits per heavy atom. The number of fused-ring (bicyclic) bond motifs is 12. The summed E-state index contributed by atoms with van der Waals surface area (Å²) in [6, 6.07) is 0. The Bertz CT molecular complexity index is 786. The lowest BCUT2D eigenvalue weighted by atomic mass is 9.45. The molecule has 1 aliphatic heterocycles. The maximum absolute atomic E-state index is 12.2. The van der Waals surface area contributed by atoms with Gasteiger partial charge in [0.2, 0.25) is 0 Å². The fourth-order valence-corrected chi connectivity index (χ4v) is 9.89. The molecule has 1 spiro atoms. The van der Waals surface area contributed by atoms with Crippen LogP contribution in [0.3, 0.4) is 0 Å². The third kappa shape index (κ3) is 1.63. The molecule has 0 bridgehead atoms. The number of ether oxygens (including phenoxy) is 1. The van der Waals surface area contributed by atoms with Crippen molar-refractivity contribution in [2.45, 2.75) is 76.9 Å². The van der Waals surface area contributed by atoms with Crippen molar-refractivity contribution in [3.63, 3.8) is 0 Å². The van der Waals surface area contributed by atoms with Crippen LogP contribution in [0.25, 0.3) is 0 Å². The number of esters is 1. The molecule has 6 aliphatic carbocycles. The van der Waals surface area contributed by atoms with E-state index in [0.717, 1.165) is 48.3 Å². The van der Waals surface area contributed by atoms with Gasteiger partial charge < -0.3 is 9.84 Å². The summed E-state index contributed by atoms with van der Waals surface area (Å²) in [4.78, 5) is 12.2. The van der Waals surface area contributed by atoms with E-state index in [0.29, 0.717) is 17.8 Å². The summed E-state index contributed by atoms with van der Waals surface area (Å²) in [7, 11) is 0. The second-order valence-corrected chi connectivity index (χ2v) is 11.7. The lowest BCUT2D eigenvalue weighted by molar-refractivity contribution is -0.177. The van der Waals surface area contributed by atoms with E-state index in [1.54, 1.807) is 5.57 Å². The molecule has 7 rings (SSSR count). The first kappa shape index (κ1) is 16.0. The van der Waals surface area contributed by atoms with Crippen LogP contribution >= 0.6 is 0 Å². The van der Waals surface area contributed by atoms with Crippen molar-refractivity contribution < 1.29 is 14.6 Å².